The molecule has 0 atom stereocenters. The summed E-state index contributed by atoms with van der Waals surface area (Å²) in [6.07, 6.45) is 0. The van der Waals surface area contributed by atoms with Crippen molar-refractivity contribution in [3.8, 4) is 39.1 Å². The normalized spacial score (nSPS) is 12.6. The maximum atomic E-state index is 14.9. The largest absolute Gasteiger partial charge is 0.308 e. The van der Waals surface area contributed by atoms with Crippen LogP contribution >= 0.6 is 0 Å². The van der Waals surface area contributed by atoms with Gasteiger partial charge in [-0.3, -0.25) is 9.59 Å². The highest BCUT2D eigenvalue weighted by Crippen LogP contribution is 2.42. The van der Waals surface area contributed by atoms with E-state index < -0.39 is 0 Å². The van der Waals surface area contributed by atoms with Crippen molar-refractivity contribution in [1.29, 1.82) is 0 Å². The van der Waals surface area contributed by atoms with E-state index in [-0.39, 0.29) is 11.8 Å². The Balaban J connectivity index is 1.26. The second-order valence-corrected chi connectivity index (χ2v) is 12.5. The van der Waals surface area contributed by atoms with E-state index in [4.69, 9.17) is 0 Å². The Kier molecular flexibility index (Phi) is 6.63. The van der Waals surface area contributed by atoms with Gasteiger partial charge in [0.2, 0.25) is 0 Å². The SMILES string of the molecule is Cc1ccccc1-c1ccc2c3ccccc3n(-c3cccc4c3C(=O)N(c3cc(-c5ccccc5)ccc3-c3ccccc3)C4=O)c2c1. The third-order valence-corrected chi connectivity index (χ3v) is 9.69. The van der Waals surface area contributed by atoms with Gasteiger partial charge >= 0.3 is 0 Å². The molecule has 0 aliphatic carbocycles. The molecule has 0 saturated heterocycles. The number of aryl methyl sites for hydroxylation is 1. The van der Waals surface area contributed by atoms with E-state index >= 15 is 0 Å². The first kappa shape index (κ1) is 28.7. The lowest BCUT2D eigenvalue weighted by molar-refractivity contribution is 0.0926. The summed E-state index contributed by atoms with van der Waals surface area (Å²) in [5.41, 5.74) is 11.1. The number of benzene rings is 7. The summed E-state index contributed by atoms with van der Waals surface area (Å²) in [5.74, 6) is -0.662. The zero-order chi connectivity index (χ0) is 33.1. The van der Waals surface area contributed by atoms with Gasteiger partial charge < -0.3 is 4.57 Å². The van der Waals surface area contributed by atoms with Crippen LogP contribution in [0.2, 0.25) is 0 Å². The van der Waals surface area contributed by atoms with Crippen molar-refractivity contribution >= 4 is 39.3 Å². The molecule has 2 heterocycles. The number of amides is 2. The number of hydrogen-bond donors (Lipinski definition) is 0. The van der Waals surface area contributed by atoms with E-state index in [1.54, 1.807) is 6.07 Å². The van der Waals surface area contributed by atoms with Gasteiger partial charge in [0.15, 0.2) is 0 Å². The van der Waals surface area contributed by atoms with E-state index in [0.717, 1.165) is 55.2 Å². The van der Waals surface area contributed by atoms with E-state index in [9.17, 15) is 9.59 Å². The number of para-hydroxylation sites is 1. The molecule has 49 heavy (non-hydrogen) atoms. The first-order chi connectivity index (χ1) is 24.1. The van der Waals surface area contributed by atoms with Crippen LogP contribution in [0.5, 0.6) is 0 Å². The molecule has 0 N–H and O–H groups in total. The summed E-state index contributed by atoms with van der Waals surface area (Å²) in [4.78, 5) is 30.7. The molecule has 232 valence electrons. The third kappa shape index (κ3) is 4.53. The van der Waals surface area contributed by atoms with Crippen LogP contribution < -0.4 is 4.90 Å². The topological polar surface area (TPSA) is 42.3 Å². The Labute approximate surface area is 284 Å². The van der Waals surface area contributed by atoms with Gasteiger partial charge in [-0.05, 0) is 70.6 Å². The highest BCUT2D eigenvalue weighted by molar-refractivity contribution is 6.36. The Bertz CT molecular complexity index is 2600. The number of hydrogen-bond acceptors (Lipinski definition) is 2. The van der Waals surface area contributed by atoms with Crippen LogP contribution in [0.15, 0.2) is 164 Å². The molecule has 7 aromatic carbocycles. The molecule has 0 spiro atoms. The predicted octanol–water partition coefficient (Wildman–Crippen LogP) is 10.9. The van der Waals surface area contributed by atoms with Crippen LogP contribution in [0.3, 0.4) is 0 Å². The Morgan fingerprint density at radius 1 is 0.408 bits per heavy atom. The molecular formula is C45H30N2O2. The number of rotatable bonds is 5. The molecule has 8 aromatic rings. The van der Waals surface area contributed by atoms with Crippen molar-refractivity contribution in [3.05, 3.63) is 180 Å². The monoisotopic (exact) mass is 630 g/mol. The summed E-state index contributed by atoms with van der Waals surface area (Å²) >= 11 is 0. The van der Waals surface area contributed by atoms with E-state index in [1.165, 1.54) is 10.5 Å². The minimum atomic E-state index is -0.334. The summed E-state index contributed by atoms with van der Waals surface area (Å²) in [6.45, 7) is 2.12. The van der Waals surface area contributed by atoms with Gasteiger partial charge in [-0.2, -0.15) is 0 Å². The number of imide groups is 1. The predicted molar refractivity (Wildman–Crippen MR) is 199 cm³/mol. The minimum Gasteiger partial charge on any atom is -0.308 e. The molecule has 0 saturated carbocycles. The molecule has 1 aliphatic rings. The Morgan fingerprint density at radius 2 is 1.06 bits per heavy atom. The average molecular weight is 631 g/mol. The van der Waals surface area contributed by atoms with Crippen molar-refractivity contribution in [1.82, 2.24) is 4.57 Å². The second-order valence-electron chi connectivity index (χ2n) is 12.5. The van der Waals surface area contributed by atoms with Crippen LogP contribution in [0, 0.1) is 6.92 Å². The van der Waals surface area contributed by atoms with Crippen LogP contribution in [0.4, 0.5) is 5.69 Å². The van der Waals surface area contributed by atoms with Crippen molar-refractivity contribution in [2.45, 2.75) is 6.92 Å². The fraction of sp³-hybridized carbons (Fsp3) is 0.0222. The minimum absolute atomic E-state index is 0.328. The molecule has 2 amide bonds. The number of anilines is 1. The Morgan fingerprint density at radius 3 is 1.86 bits per heavy atom. The summed E-state index contributed by atoms with van der Waals surface area (Å²) < 4.78 is 2.15. The maximum Gasteiger partial charge on any atom is 0.268 e. The first-order valence-corrected chi connectivity index (χ1v) is 16.4. The van der Waals surface area contributed by atoms with Crippen LogP contribution in [0.25, 0.3) is 60.9 Å². The molecular weight excluding hydrogens is 601 g/mol. The fourth-order valence-electron chi connectivity index (χ4n) is 7.36. The number of carbonyl (C=O) groups excluding carboxylic acids is 2. The molecule has 4 heteroatoms. The molecule has 1 aromatic heterocycles. The van der Waals surface area contributed by atoms with Crippen molar-refractivity contribution in [2.24, 2.45) is 0 Å². The number of carbonyl (C=O) groups is 2. The quantitative estimate of drug-likeness (QED) is 0.178. The molecule has 0 unspecified atom stereocenters. The average Bonchev–Trinajstić information content (AvgIpc) is 3.62. The number of fused-ring (bicyclic) bond motifs is 4. The standard InChI is InChI=1S/C45H30N2O2/c1-29-13-8-9-18-34(29)33-24-26-37-36-19-10-11-21-39(36)46(42(37)28-33)40-22-12-20-38-43(40)45(49)47(44(38)48)41-27-32(30-14-4-2-5-15-30)23-25-35(41)31-16-6-3-7-17-31/h2-28H,1H3. The molecule has 1 aliphatic heterocycles. The fourth-order valence-corrected chi connectivity index (χ4v) is 7.36. The number of aromatic nitrogens is 1. The van der Waals surface area contributed by atoms with Gasteiger partial charge in [0.25, 0.3) is 11.8 Å². The van der Waals surface area contributed by atoms with Crippen molar-refractivity contribution < 1.29 is 9.59 Å². The van der Waals surface area contributed by atoms with Crippen LogP contribution in [-0.4, -0.2) is 16.4 Å². The van der Waals surface area contributed by atoms with E-state index in [0.29, 0.717) is 22.5 Å². The van der Waals surface area contributed by atoms with Gasteiger partial charge in [0.05, 0.1) is 33.5 Å². The summed E-state index contributed by atoms with van der Waals surface area (Å²) in [7, 11) is 0. The lowest BCUT2D eigenvalue weighted by Gasteiger charge is -2.20. The lowest BCUT2D eigenvalue weighted by atomic mass is 9.97. The second kappa shape index (κ2) is 11.3. The van der Waals surface area contributed by atoms with E-state index in [1.807, 2.05) is 97.1 Å². The first-order valence-electron chi connectivity index (χ1n) is 16.4. The summed E-state index contributed by atoms with van der Waals surface area (Å²) in [6, 6.07) is 54.7. The van der Waals surface area contributed by atoms with Crippen molar-refractivity contribution in [3.63, 3.8) is 0 Å². The van der Waals surface area contributed by atoms with Gasteiger partial charge in [-0.1, -0.05) is 133 Å². The molecule has 4 nitrogen and oxygen atoms in total. The molecule has 0 fully saturated rings. The zero-order valence-corrected chi connectivity index (χ0v) is 26.8. The maximum absolute atomic E-state index is 14.9. The van der Waals surface area contributed by atoms with Gasteiger partial charge in [0, 0.05) is 16.3 Å². The lowest BCUT2D eigenvalue weighted by Crippen LogP contribution is -2.30. The van der Waals surface area contributed by atoms with Gasteiger partial charge in [0.1, 0.15) is 0 Å². The van der Waals surface area contributed by atoms with E-state index in [2.05, 4.69) is 72.2 Å². The van der Waals surface area contributed by atoms with Crippen LogP contribution in [0.1, 0.15) is 26.3 Å². The molecule has 9 rings (SSSR count). The molecule has 0 bridgehead atoms. The summed E-state index contributed by atoms with van der Waals surface area (Å²) in [5, 5.41) is 2.17. The smallest absolute Gasteiger partial charge is 0.268 e. The van der Waals surface area contributed by atoms with Gasteiger partial charge in [-0.15, -0.1) is 0 Å². The highest BCUT2D eigenvalue weighted by atomic mass is 16.2. The number of nitrogens with zero attached hydrogens (tertiary/aromatic N) is 2. The van der Waals surface area contributed by atoms with Crippen LogP contribution in [-0.2, 0) is 0 Å². The highest BCUT2D eigenvalue weighted by Gasteiger charge is 2.40. The zero-order valence-electron chi connectivity index (χ0n) is 26.8. The third-order valence-electron chi connectivity index (χ3n) is 9.69. The van der Waals surface area contributed by atoms with Crippen molar-refractivity contribution in [2.75, 3.05) is 4.90 Å². The molecule has 0 radical (unpaired) electrons. The Hall–Kier alpha value is -6.52. The van der Waals surface area contributed by atoms with Gasteiger partial charge in [-0.25, -0.2) is 4.90 Å².